The first-order valence-corrected chi connectivity index (χ1v) is 9.22. The van der Waals surface area contributed by atoms with Crippen molar-refractivity contribution in [3.05, 3.63) is 0 Å². The minimum atomic E-state index is 0.800. The molecule has 3 heteroatoms. The highest BCUT2D eigenvalue weighted by Gasteiger charge is 2.30. The van der Waals surface area contributed by atoms with Crippen molar-refractivity contribution >= 4 is 23.5 Å². The van der Waals surface area contributed by atoms with E-state index in [1.165, 1.54) is 44.9 Å². The van der Waals surface area contributed by atoms with Gasteiger partial charge >= 0.3 is 0 Å². The third-order valence-electron chi connectivity index (χ3n) is 4.17. The molecule has 0 bridgehead atoms. The molecule has 1 nitrogen and oxygen atoms in total. The monoisotopic (exact) mass is 259 g/mol. The van der Waals surface area contributed by atoms with Gasteiger partial charge in [0.1, 0.15) is 0 Å². The van der Waals surface area contributed by atoms with Crippen LogP contribution >= 0.6 is 23.5 Å². The molecule has 0 aromatic rings. The van der Waals surface area contributed by atoms with Crippen molar-refractivity contribution in [3.63, 3.8) is 0 Å². The standard InChI is InChI=1S/C13H25NS2/c1-15-11-8-7-10(9-11)14-12-5-3-4-6-13(12)16-2/h10-14H,3-9H2,1-2H3. The van der Waals surface area contributed by atoms with Gasteiger partial charge in [0.2, 0.25) is 0 Å². The van der Waals surface area contributed by atoms with Crippen molar-refractivity contribution in [1.82, 2.24) is 5.32 Å². The zero-order valence-corrected chi connectivity index (χ0v) is 12.2. The van der Waals surface area contributed by atoms with Crippen molar-refractivity contribution in [2.75, 3.05) is 12.5 Å². The van der Waals surface area contributed by atoms with E-state index in [9.17, 15) is 0 Å². The number of rotatable bonds is 4. The summed E-state index contributed by atoms with van der Waals surface area (Å²) in [5.74, 6) is 0. The maximum absolute atomic E-state index is 3.95. The van der Waals surface area contributed by atoms with Gasteiger partial charge in [-0.2, -0.15) is 23.5 Å². The zero-order chi connectivity index (χ0) is 11.4. The van der Waals surface area contributed by atoms with Crippen molar-refractivity contribution in [3.8, 4) is 0 Å². The molecule has 0 saturated heterocycles. The Morgan fingerprint density at radius 3 is 2.44 bits per heavy atom. The molecule has 0 aromatic carbocycles. The molecule has 2 fully saturated rings. The van der Waals surface area contributed by atoms with Crippen LogP contribution in [0.4, 0.5) is 0 Å². The minimum Gasteiger partial charge on any atom is -0.310 e. The van der Waals surface area contributed by atoms with E-state index in [2.05, 4.69) is 41.4 Å². The summed E-state index contributed by atoms with van der Waals surface area (Å²) in [6.07, 6.45) is 14.5. The van der Waals surface area contributed by atoms with Crippen LogP contribution in [0.1, 0.15) is 44.9 Å². The summed E-state index contributed by atoms with van der Waals surface area (Å²) in [7, 11) is 0. The molecule has 2 aliphatic rings. The SMILES string of the molecule is CSC1CCC(NC2CCCCC2SC)C1. The molecular weight excluding hydrogens is 234 g/mol. The lowest BCUT2D eigenvalue weighted by molar-refractivity contribution is 0.346. The Bertz CT molecular complexity index is 210. The minimum absolute atomic E-state index is 0.800. The van der Waals surface area contributed by atoms with E-state index >= 15 is 0 Å². The summed E-state index contributed by atoms with van der Waals surface area (Å²) in [6.45, 7) is 0. The van der Waals surface area contributed by atoms with Gasteiger partial charge in [0.25, 0.3) is 0 Å². The highest BCUT2D eigenvalue weighted by Crippen LogP contribution is 2.32. The fraction of sp³-hybridized carbons (Fsp3) is 1.00. The normalized spacial score (nSPS) is 40.1. The molecule has 0 spiro atoms. The Labute approximate surface area is 109 Å². The van der Waals surface area contributed by atoms with Gasteiger partial charge < -0.3 is 5.32 Å². The molecule has 4 unspecified atom stereocenters. The largest absolute Gasteiger partial charge is 0.310 e. The molecule has 94 valence electrons. The Morgan fingerprint density at radius 2 is 1.75 bits per heavy atom. The van der Waals surface area contributed by atoms with Gasteiger partial charge in [-0.15, -0.1) is 0 Å². The van der Waals surface area contributed by atoms with E-state index in [1.807, 2.05) is 0 Å². The summed E-state index contributed by atoms with van der Waals surface area (Å²) in [4.78, 5) is 0. The fourth-order valence-electron chi connectivity index (χ4n) is 3.18. The molecule has 0 amide bonds. The van der Waals surface area contributed by atoms with Gasteiger partial charge in [-0.25, -0.2) is 0 Å². The van der Waals surface area contributed by atoms with Gasteiger partial charge in [-0.05, 0) is 44.6 Å². The predicted octanol–water partition coefficient (Wildman–Crippen LogP) is 3.53. The number of nitrogens with one attached hydrogen (secondary N) is 1. The first kappa shape index (κ1) is 13.1. The van der Waals surface area contributed by atoms with E-state index in [4.69, 9.17) is 0 Å². The average Bonchev–Trinajstić information content (AvgIpc) is 2.77. The summed E-state index contributed by atoms with van der Waals surface area (Å²) in [6, 6.07) is 1.62. The number of hydrogen-bond donors (Lipinski definition) is 1. The second-order valence-electron chi connectivity index (χ2n) is 5.20. The molecule has 4 atom stereocenters. The molecule has 1 N–H and O–H groups in total. The van der Waals surface area contributed by atoms with Crippen LogP contribution in [0.2, 0.25) is 0 Å². The summed E-state index contributed by atoms with van der Waals surface area (Å²) >= 11 is 4.14. The number of thioether (sulfide) groups is 2. The fourth-order valence-corrected chi connectivity index (χ4v) is 4.92. The predicted molar refractivity (Wildman–Crippen MR) is 77.6 cm³/mol. The van der Waals surface area contributed by atoms with E-state index in [0.29, 0.717) is 0 Å². The van der Waals surface area contributed by atoms with Crippen LogP contribution in [0, 0.1) is 0 Å². The van der Waals surface area contributed by atoms with Crippen molar-refractivity contribution in [2.24, 2.45) is 0 Å². The van der Waals surface area contributed by atoms with Crippen LogP contribution in [-0.4, -0.2) is 35.1 Å². The topological polar surface area (TPSA) is 12.0 Å². The molecular formula is C13H25NS2. The van der Waals surface area contributed by atoms with Crippen LogP contribution in [0.5, 0.6) is 0 Å². The van der Waals surface area contributed by atoms with Crippen molar-refractivity contribution in [1.29, 1.82) is 0 Å². The van der Waals surface area contributed by atoms with Crippen LogP contribution in [-0.2, 0) is 0 Å². The summed E-state index contributed by atoms with van der Waals surface area (Å²) in [5.41, 5.74) is 0. The number of hydrogen-bond acceptors (Lipinski definition) is 3. The van der Waals surface area contributed by atoms with Crippen LogP contribution in [0.3, 0.4) is 0 Å². The average molecular weight is 259 g/mol. The molecule has 0 heterocycles. The zero-order valence-electron chi connectivity index (χ0n) is 10.6. The van der Waals surface area contributed by atoms with Gasteiger partial charge in [-0.1, -0.05) is 12.8 Å². The molecule has 0 aliphatic heterocycles. The molecule has 2 saturated carbocycles. The Morgan fingerprint density at radius 1 is 0.938 bits per heavy atom. The Hall–Kier alpha value is 0.660. The summed E-state index contributed by atoms with van der Waals surface area (Å²) < 4.78 is 0. The third-order valence-corrected chi connectivity index (χ3v) is 6.44. The quantitative estimate of drug-likeness (QED) is 0.829. The van der Waals surface area contributed by atoms with E-state index in [-0.39, 0.29) is 0 Å². The highest BCUT2D eigenvalue weighted by atomic mass is 32.2. The molecule has 2 rings (SSSR count). The van der Waals surface area contributed by atoms with Gasteiger partial charge in [0.15, 0.2) is 0 Å². The lowest BCUT2D eigenvalue weighted by Crippen LogP contribution is -2.45. The third kappa shape index (κ3) is 3.33. The smallest absolute Gasteiger partial charge is 0.0198 e. The Kier molecular flexibility index (Phi) is 5.37. The van der Waals surface area contributed by atoms with Crippen LogP contribution < -0.4 is 5.32 Å². The molecule has 16 heavy (non-hydrogen) atoms. The Balaban J connectivity index is 1.79. The van der Waals surface area contributed by atoms with E-state index in [1.54, 1.807) is 0 Å². The van der Waals surface area contributed by atoms with Gasteiger partial charge in [0.05, 0.1) is 0 Å². The van der Waals surface area contributed by atoms with Crippen molar-refractivity contribution < 1.29 is 0 Å². The lowest BCUT2D eigenvalue weighted by Gasteiger charge is -2.33. The van der Waals surface area contributed by atoms with Crippen LogP contribution in [0.15, 0.2) is 0 Å². The highest BCUT2D eigenvalue weighted by molar-refractivity contribution is 7.99. The molecule has 2 aliphatic carbocycles. The molecule has 0 radical (unpaired) electrons. The second-order valence-corrected chi connectivity index (χ2v) is 7.41. The van der Waals surface area contributed by atoms with Gasteiger partial charge in [0, 0.05) is 22.6 Å². The maximum Gasteiger partial charge on any atom is 0.0198 e. The first-order valence-electron chi connectivity index (χ1n) is 6.65. The van der Waals surface area contributed by atoms with E-state index in [0.717, 1.165) is 22.6 Å². The second kappa shape index (κ2) is 6.55. The lowest BCUT2D eigenvalue weighted by atomic mass is 9.94. The summed E-state index contributed by atoms with van der Waals surface area (Å²) in [5, 5.41) is 5.75. The first-order chi connectivity index (χ1) is 7.83. The van der Waals surface area contributed by atoms with Gasteiger partial charge in [-0.3, -0.25) is 0 Å². The maximum atomic E-state index is 3.95. The van der Waals surface area contributed by atoms with Crippen molar-refractivity contribution in [2.45, 2.75) is 67.5 Å². The van der Waals surface area contributed by atoms with Crippen LogP contribution in [0.25, 0.3) is 0 Å². The van der Waals surface area contributed by atoms with E-state index < -0.39 is 0 Å². The molecule has 0 aromatic heterocycles.